The number of nitrogens with zero attached hydrogens (tertiary/aromatic N) is 2. The fraction of sp³-hybridized carbons (Fsp3) is 0.0588. The summed E-state index contributed by atoms with van der Waals surface area (Å²) in [7, 11) is 0. The monoisotopic (exact) mass is 408 g/mol. The van der Waals surface area contributed by atoms with Crippen LogP contribution in [0.2, 0.25) is 0 Å². The molecule has 0 aliphatic heterocycles. The molecule has 0 aliphatic rings. The minimum absolute atomic E-state index is 0.166. The second-order valence-electron chi connectivity index (χ2n) is 5.26. The highest BCUT2D eigenvalue weighted by molar-refractivity contribution is 7.15. The third kappa shape index (κ3) is 4.82. The van der Waals surface area contributed by atoms with Gasteiger partial charge in [-0.25, -0.2) is 0 Å². The van der Waals surface area contributed by atoms with Gasteiger partial charge in [-0.2, -0.15) is 13.2 Å². The van der Waals surface area contributed by atoms with Crippen LogP contribution in [0, 0.1) is 0 Å². The standard InChI is InChI=1S/C17H11F3N4O3S/c18-17(19,20)15-23-24-16(28-15)22-14(26)12(9-11-7-4-8-27-11)21-13(25)10-5-2-1-3-6-10/h1-9H,(H,21,25)(H,22,24,26). The fourth-order valence-electron chi connectivity index (χ4n) is 2.01. The number of carbonyl (C=O) groups is 2. The molecule has 0 atom stereocenters. The van der Waals surface area contributed by atoms with Crippen molar-refractivity contribution in [2.24, 2.45) is 0 Å². The van der Waals surface area contributed by atoms with Crippen molar-refractivity contribution in [3.8, 4) is 0 Å². The first kappa shape index (κ1) is 19.3. The molecule has 0 fully saturated rings. The SMILES string of the molecule is O=C(Nc1nnc(C(F)(F)F)s1)C(=Cc1ccco1)NC(=O)c1ccccc1. The summed E-state index contributed by atoms with van der Waals surface area (Å²) in [4.78, 5) is 24.8. The van der Waals surface area contributed by atoms with Crippen molar-refractivity contribution in [3.05, 3.63) is 70.8 Å². The van der Waals surface area contributed by atoms with Crippen LogP contribution in [0.3, 0.4) is 0 Å². The maximum absolute atomic E-state index is 12.6. The van der Waals surface area contributed by atoms with Crippen molar-refractivity contribution in [1.29, 1.82) is 0 Å². The number of carbonyl (C=O) groups excluding carboxylic acids is 2. The molecule has 2 aromatic heterocycles. The van der Waals surface area contributed by atoms with Crippen LogP contribution in [0.4, 0.5) is 18.3 Å². The van der Waals surface area contributed by atoms with E-state index in [2.05, 4.69) is 20.8 Å². The van der Waals surface area contributed by atoms with E-state index in [9.17, 15) is 22.8 Å². The Morgan fingerprint density at radius 3 is 2.43 bits per heavy atom. The van der Waals surface area contributed by atoms with Gasteiger partial charge in [-0.3, -0.25) is 14.9 Å². The Morgan fingerprint density at radius 2 is 1.82 bits per heavy atom. The van der Waals surface area contributed by atoms with Gasteiger partial charge in [-0.1, -0.05) is 29.5 Å². The van der Waals surface area contributed by atoms with Crippen LogP contribution in [0.5, 0.6) is 0 Å². The van der Waals surface area contributed by atoms with Crippen molar-refractivity contribution >= 4 is 34.4 Å². The summed E-state index contributed by atoms with van der Waals surface area (Å²) in [6.07, 6.45) is -2.07. The summed E-state index contributed by atoms with van der Waals surface area (Å²) in [6.45, 7) is 0. The number of furan rings is 1. The molecular weight excluding hydrogens is 397 g/mol. The molecule has 1 aromatic carbocycles. The lowest BCUT2D eigenvalue weighted by atomic mass is 10.2. The second-order valence-corrected chi connectivity index (χ2v) is 6.24. The average molecular weight is 408 g/mol. The molecular formula is C17H11F3N4O3S. The highest BCUT2D eigenvalue weighted by Crippen LogP contribution is 2.33. The van der Waals surface area contributed by atoms with Crippen LogP contribution < -0.4 is 10.6 Å². The number of benzene rings is 1. The van der Waals surface area contributed by atoms with Crippen LogP contribution in [0.15, 0.2) is 58.8 Å². The van der Waals surface area contributed by atoms with E-state index >= 15 is 0 Å². The van der Waals surface area contributed by atoms with Crippen LogP contribution in [-0.2, 0) is 11.0 Å². The van der Waals surface area contributed by atoms with Crippen LogP contribution in [0.1, 0.15) is 21.1 Å². The average Bonchev–Trinajstić information content (AvgIpc) is 3.33. The van der Waals surface area contributed by atoms with Crippen LogP contribution in [0.25, 0.3) is 6.08 Å². The molecule has 0 aliphatic carbocycles. The Labute approximate surface area is 159 Å². The maximum atomic E-state index is 12.6. The van der Waals surface area contributed by atoms with E-state index in [0.29, 0.717) is 0 Å². The topological polar surface area (TPSA) is 97.1 Å². The van der Waals surface area contributed by atoms with Gasteiger partial charge in [0.05, 0.1) is 6.26 Å². The minimum atomic E-state index is -4.67. The van der Waals surface area contributed by atoms with E-state index in [1.165, 1.54) is 30.5 Å². The van der Waals surface area contributed by atoms with Gasteiger partial charge in [-0.15, -0.1) is 10.2 Å². The van der Waals surface area contributed by atoms with Crippen molar-refractivity contribution in [2.45, 2.75) is 6.18 Å². The summed E-state index contributed by atoms with van der Waals surface area (Å²) < 4.78 is 43.0. The Bertz CT molecular complexity index is 998. The van der Waals surface area contributed by atoms with Gasteiger partial charge in [0.25, 0.3) is 11.8 Å². The van der Waals surface area contributed by atoms with Gasteiger partial charge >= 0.3 is 6.18 Å². The highest BCUT2D eigenvalue weighted by atomic mass is 32.1. The zero-order valence-electron chi connectivity index (χ0n) is 13.9. The lowest BCUT2D eigenvalue weighted by Gasteiger charge is -2.09. The van der Waals surface area contributed by atoms with E-state index in [-0.39, 0.29) is 33.5 Å². The summed E-state index contributed by atoms with van der Waals surface area (Å²) in [5, 5.41) is 9.31. The Balaban J connectivity index is 1.81. The van der Waals surface area contributed by atoms with E-state index in [1.54, 1.807) is 24.3 Å². The van der Waals surface area contributed by atoms with Gasteiger partial charge in [-0.05, 0) is 24.3 Å². The predicted molar refractivity (Wildman–Crippen MR) is 94.1 cm³/mol. The summed E-state index contributed by atoms with van der Waals surface area (Å²) in [6, 6.07) is 11.2. The molecule has 3 aromatic rings. The fourth-order valence-corrected chi connectivity index (χ4v) is 2.62. The van der Waals surface area contributed by atoms with E-state index < -0.39 is 23.0 Å². The summed E-state index contributed by atoms with van der Waals surface area (Å²) >= 11 is 0.166. The Kier molecular flexibility index (Phi) is 5.54. The first-order chi connectivity index (χ1) is 13.3. The zero-order chi connectivity index (χ0) is 20.1. The molecule has 0 saturated carbocycles. The number of aromatic nitrogens is 2. The molecule has 7 nitrogen and oxygen atoms in total. The maximum Gasteiger partial charge on any atom is 0.445 e. The first-order valence-corrected chi connectivity index (χ1v) is 8.48. The molecule has 2 N–H and O–H groups in total. The van der Waals surface area contributed by atoms with Crippen molar-refractivity contribution < 1.29 is 27.2 Å². The number of nitrogens with one attached hydrogen (secondary N) is 2. The van der Waals surface area contributed by atoms with Crippen LogP contribution in [-0.4, -0.2) is 22.0 Å². The molecule has 11 heteroatoms. The number of halogens is 3. The third-order valence-corrected chi connectivity index (χ3v) is 4.13. The van der Waals surface area contributed by atoms with Crippen molar-refractivity contribution in [1.82, 2.24) is 15.5 Å². The Morgan fingerprint density at radius 1 is 1.07 bits per heavy atom. The minimum Gasteiger partial charge on any atom is -0.465 e. The first-order valence-electron chi connectivity index (χ1n) is 7.66. The highest BCUT2D eigenvalue weighted by Gasteiger charge is 2.36. The molecule has 0 spiro atoms. The van der Waals surface area contributed by atoms with Crippen molar-refractivity contribution in [2.75, 3.05) is 5.32 Å². The number of hydrogen-bond acceptors (Lipinski definition) is 6. The van der Waals surface area contributed by atoms with Gasteiger partial charge in [0.1, 0.15) is 11.5 Å². The number of rotatable bonds is 5. The zero-order valence-corrected chi connectivity index (χ0v) is 14.7. The molecule has 2 heterocycles. The number of hydrogen-bond donors (Lipinski definition) is 2. The second kappa shape index (κ2) is 8.05. The molecule has 0 bridgehead atoms. The van der Waals surface area contributed by atoms with E-state index in [1.807, 2.05) is 0 Å². The molecule has 0 saturated heterocycles. The number of anilines is 1. The normalized spacial score (nSPS) is 11.9. The van der Waals surface area contributed by atoms with Crippen molar-refractivity contribution in [3.63, 3.8) is 0 Å². The Hall–Kier alpha value is -3.47. The van der Waals surface area contributed by atoms with Gasteiger partial charge in [0.15, 0.2) is 0 Å². The molecule has 144 valence electrons. The largest absolute Gasteiger partial charge is 0.465 e. The number of amides is 2. The smallest absolute Gasteiger partial charge is 0.445 e. The lowest BCUT2D eigenvalue weighted by Crippen LogP contribution is -2.30. The molecule has 2 amide bonds. The van der Waals surface area contributed by atoms with Gasteiger partial charge in [0.2, 0.25) is 10.1 Å². The van der Waals surface area contributed by atoms with E-state index in [4.69, 9.17) is 4.42 Å². The van der Waals surface area contributed by atoms with Gasteiger partial charge in [0, 0.05) is 11.6 Å². The quantitative estimate of drug-likeness (QED) is 0.630. The van der Waals surface area contributed by atoms with E-state index in [0.717, 1.165) is 0 Å². The number of alkyl halides is 3. The lowest BCUT2D eigenvalue weighted by molar-refractivity contribution is -0.138. The third-order valence-electron chi connectivity index (χ3n) is 3.25. The summed E-state index contributed by atoms with van der Waals surface area (Å²) in [5.41, 5.74) is 0.0449. The molecule has 28 heavy (non-hydrogen) atoms. The van der Waals surface area contributed by atoms with Gasteiger partial charge < -0.3 is 9.73 Å². The predicted octanol–water partition coefficient (Wildman–Crippen LogP) is 3.56. The van der Waals surface area contributed by atoms with Crippen LogP contribution >= 0.6 is 11.3 Å². The molecule has 3 rings (SSSR count). The molecule has 0 radical (unpaired) electrons. The summed E-state index contributed by atoms with van der Waals surface area (Å²) in [5.74, 6) is -1.21. The molecule has 0 unspecified atom stereocenters.